The van der Waals surface area contributed by atoms with Crippen molar-refractivity contribution < 1.29 is 4.74 Å². The summed E-state index contributed by atoms with van der Waals surface area (Å²) in [5.41, 5.74) is 5.30. The molecule has 3 aromatic rings. The fraction of sp³-hybridized carbons (Fsp3) is 0.308. The van der Waals surface area contributed by atoms with E-state index >= 15 is 0 Å². The lowest BCUT2D eigenvalue weighted by Gasteiger charge is -2.26. The van der Waals surface area contributed by atoms with Crippen LogP contribution in [-0.2, 0) is 6.42 Å². The zero-order valence-corrected chi connectivity index (χ0v) is 17.2. The lowest BCUT2D eigenvalue weighted by Crippen LogP contribution is -2.27. The van der Waals surface area contributed by atoms with E-state index in [-0.39, 0.29) is 0 Å². The first-order valence-electron chi connectivity index (χ1n) is 10.1. The van der Waals surface area contributed by atoms with Crippen molar-refractivity contribution >= 4 is 0 Å². The maximum Gasteiger partial charge on any atom is 0.119 e. The van der Waals surface area contributed by atoms with Gasteiger partial charge in [-0.2, -0.15) is 0 Å². The van der Waals surface area contributed by atoms with Crippen molar-refractivity contribution in [3.63, 3.8) is 0 Å². The highest BCUT2D eigenvalue weighted by molar-refractivity contribution is 5.34. The maximum absolute atomic E-state index is 5.40. The van der Waals surface area contributed by atoms with Gasteiger partial charge in [-0.15, -0.1) is 0 Å². The average Bonchev–Trinajstić information content (AvgIpc) is 2.74. The molecule has 0 radical (unpaired) electrons. The fourth-order valence-electron chi connectivity index (χ4n) is 3.83. The minimum absolute atomic E-state index is 0.302. The van der Waals surface area contributed by atoms with Gasteiger partial charge in [-0.1, -0.05) is 73.7 Å². The summed E-state index contributed by atoms with van der Waals surface area (Å²) in [5.74, 6) is 1.35. The number of hydrogen-bond acceptors (Lipinski definition) is 2. The van der Waals surface area contributed by atoms with Gasteiger partial charge in [0, 0.05) is 12.0 Å². The van der Waals surface area contributed by atoms with Crippen LogP contribution in [0.2, 0.25) is 0 Å². The molecule has 0 saturated carbocycles. The third kappa shape index (κ3) is 5.46. The monoisotopic (exact) mass is 373 g/mol. The molecule has 0 heterocycles. The molecule has 0 aliphatic rings. The van der Waals surface area contributed by atoms with E-state index in [1.807, 2.05) is 0 Å². The van der Waals surface area contributed by atoms with Gasteiger partial charge in [0.1, 0.15) is 5.75 Å². The molecule has 0 unspecified atom stereocenters. The Balaban J connectivity index is 1.65. The molecule has 2 nitrogen and oxygen atoms in total. The van der Waals surface area contributed by atoms with Gasteiger partial charge >= 0.3 is 0 Å². The Morgan fingerprint density at radius 1 is 0.857 bits per heavy atom. The van der Waals surface area contributed by atoms with Crippen LogP contribution in [0.5, 0.6) is 5.75 Å². The molecule has 0 amide bonds. The summed E-state index contributed by atoms with van der Waals surface area (Å²) in [6, 6.07) is 28.3. The first kappa shape index (κ1) is 20.2. The van der Waals surface area contributed by atoms with E-state index in [4.69, 9.17) is 4.74 Å². The number of rotatable bonds is 9. The summed E-state index contributed by atoms with van der Waals surface area (Å²) in [6.45, 7) is 5.41. The van der Waals surface area contributed by atoms with Gasteiger partial charge < -0.3 is 10.1 Å². The minimum Gasteiger partial charge on any atom is -0.497 e. The average molecular weight is 374 g/mol. The zero-order chi connectivity index (χ0) is 19.8. The van der Waals surface area contributed by atoms with Crippen molar-refractivity contribution in [2.45, 2.75) is 38.6 Å². The van der Waals surface area contributed by atoms with Crippen molar-refractivity contribution in [2.75, 3.05) is 13.7 Å². The van der Waals surface area contributed by atoms with Crippen molar-refractivity contribution in [2.24, 2.45) is 0 Å². The van der Waals surface area contributed by atoms with Crippen LogP contribution in [0.3, 0.4) is 0 Å². The lowest BCUT2D eigenvalue weighted by molar-refractivity contribution is 0.413. The summed E-state index contributed by atoms with van der Waals surface area (Å²) < 4.78 is 5.40. The molecule has 2 heteroatoms. The van der Waals surface area contributed by atoms with Gasteiger partial charge in [0.15, 0.2) is 0 Å². The van der Waals surface area contributed by atoms with Crippen molar-refractivity contribution in [1.82, 2.24) is 5.32 Å². The zero-order valence-electron chi connectivity index (χ0n) is 17.2. The van der Waals surface area contributed by atoms with Gasteiger partial charge in [-0.25, -0.2) is 0 Å². The molecule has 146 valence electrons. The number of hydrogen-bond donors (Lipinski definition) is 1. The molecular weight excluding hydrogens is 342 g/mol. The lowest BCUT2D eigenvalue weighted by atomic mass is 9.88. The molecule has 0 aliphatic carbocycles. The molecule has 0 saturated heterocycles. The van der Waals surface area contributed by atoms with Crippen LogP contribution in [0, 0.1) is 6.92 Å². The van der Waals surface area contributed by atoms with Crippen LogP contribution in [0.1, 0.15) is 47.6 Å². The molecule has 28 heavy (non-hydrogen) atoms. The highest BCUT2D eigenvalue weighted by Gasteiger charge is 2.20. The predicted octanol–water partition coefficient (Wildman–Crippen LogP) is 6.07. The Labute approximate surface area is 169 Å². The largest absolute Gasteiger partial charge is 0.497 e. The first-order valence-corrected chi connectivity index (χ1v) is 10.1. The Bertz CT molecular complexity index is 845. The Hall–Kier alpha value is -2.58. The molecule has 0 aromatic heterocycles. The molecule has 0 aliphatic heterocycles. The Kier molecular flexibility index (Phi) is 7.27. The smallest absolute Gasteiger partial charge is 0.119 e. The second kappa shape index (κ2) is 10.1. The minimum atomic E-state index is 0.302. The molecule has 1 N–H and O–H groups in total. The van der Waals surface area contributed by atoms with Gasteiger partial charge in [0.05, 0.1) is 7.11 Å². The van der Waals surface area contributed by atoms with Crippen LogP contribution in [-0.4, -0.2) is 13.7 Å². The standard InChI is InChI=1S/C26H31NO/c1-20-17-22(19-25(18-20)28-3)11-10-16-27-26(24-14-8-5-9-15-24)21(2)23-12-6-4-7-13-23/h4-9,12-15,17-19,21,26-27H,10-11,16H2,1-3H3/t21-,26+/m1/s1. The van der Waals surface area contributed by atoms with Crippen LogP contribution in [0.25, 0.3) is 0 Å². The Morgan fingerprint density at radius 2 is 1.50 bits per heavy atom. The van der Waals surface area contributed by atoms with Crippen LogP contribution in [0.4, 0.5) is 0 Å². The molecule has 0 spiro atoms. The molecule has 3 rings (SSSR count). The van der Waals surface area contributed by atoms with E-state index in [0.717, 1.165) is 25.1 Å². The van der Waals surface area contributed by atoms with Crippen molar-refractivity contribution in [3.8, 4) is 5.75 Å². The SMILES string of the molecule is COc1cc(C)cc(CCCN[C@H](c2ccccc2)[C@H](C)c2ccccc2)c1. The molecule has 0 fully saturated rings. The molecule has 2 atom stereocenters. The van der Waals surface area contributed by atoms with Gasteiger partial charge in [-0.05, 0) is 60.7 Å². The summed E-state index contributed by atoms with van der Waals surface area (Å²) >= 11 is 0. The third-order valence-corrected chi connectivity index (χ3v) is 5.34. The van der Waals surface area contributed by atoms with E-state index < -0.39 is 0 Å². The number of nitrogens with one attached hydrogen (secondary N) is 1. The van der Waals surface area contributed by atoms with E-state index in [9.17, 15) is 0 Å². The maximum atomic E-state index is 5.40. The second-order valence-electron chi connectivity index (χ2n) is 7.50. The van der Waals surface area contributed by atoms with Crippen LogP contribution >= 0.6 is 0 Å². The summed E-state index contributed by atoms with van der Waals surface area (Å²) in [5, 5.41) is 3.82. The van der Waals surface area contributed by atoms with Crippen LogP contribution in [0.15, 0.2) is 78.9 Å². The number of methoxy groups -OCH3 is 1. The molecular formula is C26H31NO. The second-order valence-corrected chi connectivity index (χ2v) is 7.50. The predicted molar refractivity (Wildman–Crippen MR) is 118 cm³/mol. The highest BCUT2D eigenvalue weighted by atomic mass is 16.5. The van der Waals surface area contributed by atoms with E-state index in [1.54, 1.807) is 7.11 Å². The molecule has 0 bridgehead atoms. The van der Waals surface area contributed by atoms with Gasteiger partial charge in [0.25, 0.3) is 0 Å². The van der Waals surface area contributed by atoms with E-state index in [0.29, 0.717) is 12.0 Å². The first-order chi connectivity index (χ1) is 13.7. The van der Waals surface area contributed by atoms with E-state index in [1.165, 1.54) is 22.3 Å². The third-order valence-electron chi connectivity index (χ3n) is 5.34. The number of ether oxygens (including phenoxy) is 1. The number of aryl methyl sites for hydroxylation is 2. The van der Waals surface area contributed by atoms with Crippen molar-refractivity contribution in [1.29, 1.82) is 0 Å². The summed E-state index contributed by atoms with van der Waals surface area (Å²) in [4.78, 5) is 0. The van der Waals surface area contributed by atoms with Gasteiger partial charge in [-0.3, -0.25) is 0 Å². The number of benzene rings is 3. The Morgan fingerprint density at radius 3 is 2.14 bits per heavy atom. The van der Waals surface area contributed by atoms with Crippen molar-refractivity contribution in [3.05, 3.63) is 101 Å². The normalized spacial score (nSPS) is 13.1. The quantitative estimate of drug-likeness (QED) is 0.460. The van der Waals surface area contributed by atoms with Gasteiger partial charge in [0.2, 0.25) is 0 Å². The molecule has 3 aromatic carbocycles. The topological polar surface area (TPSA) is 21.3 Å². The summed E-state index contributed by atoms with van der Waals surface area (Å²) in [7, 11) is 1.73. The van der Waals surface area contributed by atoms with E-state index in [2.05, 4.69) is 98.0 Å². The summed E-state index contributed by atoms with van der Waals surface area (Å²) in [6.07, 6.45) is 2.14. The highest BCUT2D eigenvalue weighted by Crippen LogP contribution is 2.30. The fourth-order valence-corrected chi connectivity index (χ4v) is 3.83. The van der Waals surface area contributed by atoms with Crippen LogP contribution < -0.4 is 10.1 Å².